The number of hydrogen-bond donors (Lipinski definition) is 1. The first kappa shape index (κ1) is 21.6. The molecule has 1 amide bonds. The predicted octanol–water partition coefficient (Wildman–Crippen LogP) is 3.53. The molecule has 0 aliphatic carbocycles. The minimum atomic E-state index is -0.712. The van der Waals surface area contributed by atoms with Crippen LogP contribution < -0.4 is 15.7 Å². The molecule has 0 saturated heterocycles. The van der Waals surface area contributed by atoms with Gasteiger partial charge in [0.2, 0.25) is 0 Å². The molecule has 1 aromatic heterocycles. The van der Waals surface area contributed by atoms with Crippen molar-refractivity contribution in [3.63, 3.8) is 0 Å². The van der Waals surface area contributed by atoms with Gasteiger partial charge >= 0.3 is 5.63 Å². The van der Waals surface area contributed by atoms with Crippen LogP contribution in [0.4, 0.5) is 0 Å². The molecular formula is C24H27NO5. The summed E-state index contributed by atoms with van der Waals surface area (Å²) >= 11 is 0. The normalized spacial score (nSPS) is 12.0. The molecule has 0 bridgehead atoms. The molecule has 6 heteroatoms. The molecule has 3 aromatic rings. The van der Waals surface area contributed by atoms with E-state index in [9.17, 15) is 9.59 Å². The molecule has 1 N–H and O–H groups in total. The highest BCUT2D eigenvalue weighted by molar-refractivity contribution is 5.89. The fraction of sp³-hybridized carbons (Fsp3) is 0.333. The lowest BCUT2D eigenvalue weighted by molar-refractivity contribution is -0.127. The second kappa shape index (κ2) is 9.59. The monoisotopic (exact) mass is 409 g/mol. The van der Waals surface area contributed by atoms with Crippen molar-refractivity contribution in [1.82, 2.24) is 5.32 Å². The molecule has 0 saturated carbocycles. The van der Waals surface area contributed by atoms with Crippen molar-refractivity contribution in [2.24, 2.45) is 0 Å². The lowest BCUT2D eigenvalue weighted by atomic mass is 9.98. The summed E-state index contributed by atoms with van der Waals surface area (Å²) in [6.45, 7) is 6.31. The van der Waals surface area contributed by atoms with Gasteiger partial charge in [-0.2, -0.15) is 0 Å². The zero-order chi connectivity index (χ0) is 21.7. The molecule has 158 valence electrons. The zero-order valence-corrected chi connectivity index (χ0v) is 17.8. The van der Waals surface area contributed by atoms with Crippen LogP contribution in [0.15, 0.2) is 51.7 Å². The number of hydrogen-bond acceptors (Lipinski definition) is 5. The molecule has 0 aliphatic heterocycles. The standard InChI is InChI=1S/C24H27NO5/c1-15-12-20(29-17(3)23(26)25-10-11-28-4)22-16(2)19(24(27)30-21(22)13-15)14-18-8-6-5-7-9-18/h5-9,12-13,17H,10-11,14H2,1-4H3,(H,25,26)/t17-/m1/s1. The van der Waals surface area contributed by atoms with E-state index in [0.717, 1.165) is 16.7 Å². The van der Waals surface area contributed by atoms with Gasteiger partial charge in [-0.25, -0.2) is 4.79 Å². The van der Waals surface area contributed by atoms with Crippen molar-refractivity contribution in [1.29, 1.82) is 0 Å². The van der Waals surface area contributed by atoms with E-state index in [1.54, 1.807) is 14.0 Å². The number of fused-ring (bicyclic) bond motifs is 1. The first-order valence-corrected chi connectivity index (χ1v) is 9.95. The van der Waals surface area contributed by atoms with Crippen LogP contribution in [0.1, 0.15) is 29.2 Å². The summed E-state index contributed by atoms with van der Waals surface area (Å²) in [5.74, 6) is 0.288. The molecule has 2 aromatic carbocycles. The summed E-state index contributed by atoms with van der Waals surface area (Å²) in [5.41, 5.74) is 3.38. The number of benzene rings is 2. The smallest absolute Gasteiger partial charge is 0.340 e. The van der Waals surface area contributed by atoms with Crippen LogP contribution in [0.5, 0.6) is 5.75 Å². The molecule has 0 radical (unpaired) electrons. The van der Waals surface area contributed by atoms with E-state index in [1.165, 1.54) is 0 Å². The van der Waals surface area contributed by atoms with E-state index in [1.807, 2.05) is 56.3 Å². The SMILES string of the molecule is COCCNC(=O)[C@@H](C)Oc1cc(C)cc2oc(=O)c(Cc3ccccc3)c(C)c12. The molecule has 0 unspecified atom stereocenters. The second-order valence-corrected chi connectivity index (χ2v) is 7.34. The molecule has 30 heavy (non-hydrogen) atoms. The first-order valence-electron chi connectivity index (χ1n) is 9.95. The fourth-order valence-corrected chi connectivity index (χ4v) is 3.40. The number of nitrogens with one attached hydrogen (secondary N) is 1. The van der Waals surface area contributed by atoms with Crippen molar-refractivity contribution < 1.29 is 18.7 Å². The minimum Gasteiger partial charge on any atom is -0.480 e. The Labute approximate surface area is 175 Å². The number of ether oxygens (including phenoxy) is 2. The van der Waals surface area contributed by atoms with E-state index >= 15 is 0 Å². The van der Waals surface area contributed by atoms with Gasteiger partial charge in [-0.3, -0.25) is 4.79 Å². The Kier molecular flexibility index (Phi) is 6.90. The average molecular weight is 409 g/mol. The number of methoxy groups -OCH3 is 1. The lowest BCUT2D eigenvalue weighted by Crippen LogP contribution is -2.38. The topological polar surface area (TPSA) is 77.8 Å². The summed E-state index contributed by atoms with van der Waals surface area (Å²) < 4.78 is 16.6. The van der Waals surface area contributed by atoms with E-state index in [0.29, 0.717) is 41.9 Å². The zero-order valence-electron chi connectivity index (χ0n) is 17.8. The summed E-state index contributed by atoms with van der Waals surface area (Å²) in [7, 11) is 1.58. The molecule has 0 aliphatic rings. The number of amides is 1. The molecule has 1 atom stereocenters. The Morgan fingerprint density at radius 2 is 1.90 bits per heavy atom. The average Bonchev–Trinajstić information content (AvgIpc) is 2.71. The number of rotatable bonds is 8. The van der Waals surface area contributed by atoms with Crippen molar-refractivity contribution in [3.8, 4) is 5.75 Å². The van der Waals surface area contributed by atoms with Crippen LogP contribution in [-0.2, 0) is 16.0 Å². The predicted molar refractivity (Wildman–Crippen MR) is 116 cm³/mol. The highest BCUT2D eigenvalue weighted by Crippen LogP contribution is 2.32. The summed E-state index contributed by atoms with van der Waals surface area (Å²) in [6, 6.07) is 13.4. The Morgan fingerprint density at radius 1 is 1.17 bits per heavy atom. The summed E-state index contributed by atoms with van der Waals surface area (Å²) in [6.07, 6.45) is -0.249. The summed E-state index contributed by atoms with van der Waals surface area (Å²) in [5, 5.41) is 3.48. The van der Waals surface area contributed by atoms with Gasteiger partial charge < -0.3 is 19.2 Å². The van der Waals surface area contributed by atoms with Gasteiger partial charge in [0.25, 0.3) is 5.91 Å². The van der Waals surface area contributed by atoms with Gasteiger partial charge in [0.05, 0.1) is 12.0 Å². The van der Waals surface area contributed by atoms with E-state index in [4.69, 9.17) is 13.9 Å². The van der Waals surface area contributed by atoms with E-state index < -0.39 is 6.10 Å². The molecule has 1 heterocycles. The van der Waals surface area contributed by atoms with Gasteiger partial charge in [0.1, 0.15) is 11.3 Å². The second-order valence-electron chi connectivity index (χ2n) is 7.34. The minimum absolute atomic E-state index is 0.235. The maximum Gasteiger partial charge on any atom is 0.340 e. The van der Waals surface area contributed by atoms with Gasteiger partial charge in [0, 0.05) is 25.6 Å². The fourth-order valence-electron chi connectivity index (χ4n) is 3.40. The third kappa shape index (κ3) is 4.89. The van der Waals surface area contributed by atoms with Crippen LogP contribution in [0, 0.1) is 13.8 Å². The van der Waals surface area contributed by atoms with Gasteiger partial charge in [-0.15, -0.1) is 0 Å². The van der Waals surface area contributed by atoms with Crippen LogP contribution in [0.2, 0.25) is 0 Å². The van der Waals surface area contributed by atoms with Gasteiger partial charge in [-0.05, 0) is 49.6 Å². The lowest BCUT2D eigenvalue weighted by Gasteiger charge is -2.18. The number of aryl methyl sites for hydroxylation is 2. The number of carbonyl (C=O) groups is 1. The molecule has 3 rings (SSSR count). The quantitative estimate of drug-likeness (QED) is 0.455. The Bertz CT molecular complexity index is 1090. The third-order valence-corrected chi connectivity index (χ3v) is 4.99. The Hall–Kier alpha value is -3.12. The van der Waals surface area contributed by atoms with Crippen molar-refractivity contribution in [2.75, 3.05) is 20.3 Å². The van der Waals surface area contributed by atoms with Crippen molar-refractivity contribution in [2.45, 2.75) is 33.3 Å². The van der Waals surface area contributed by atoms with Crippen molar-refractivity contribution >= 4 is 16.9 Å². The van der Waals surface area contributed by atoms with Gasteiger partial charge in [0.15, 0.2) is 6.10 Å². The molecule has 6 nitrogen and oxygen atoms in total. The van der Waals surface area contributed by atoms with Crippen molar-refractivity contribution in [3.05, 3.63) is 75.1 Å². The third-order valence-electron chi connectivity index (χ3n) is 4.99. The van der Waals surface area contributed by atoms with Crippen LogP contribution >= 0.6 is 0 Å². The molecule has 0 spiro atoms. The van der Waals surface area contributed by atoms with E-state index in [2.05, 4.69) is 5.32 Å². The van der Waals surface area contributed by atoms with Crippen LogP contribution in [-0.4, -0.2) is 32.3 Å². The van der Waals surface area contributed by atoms with Gasteiger partial charge in [-0.1, -0.05) is 30.3 Å². The highest BCUT2D eigenvalue weighted by Gasteiger charge is 2.20. The molecular weight excluding hydrogens is 382 g/mol. The van der Waals surface area contributed by atoms with Crippen LogP contribution in [0.25, 0.3) is 11.0 Å². The largest absolute Gasteiger partial charge is 0.480 e. The maximum atomic E-state index is 12.7. The Balaban J connectivity index is 1.99. The van der Waals surface area contributed by atoms with E-state index in [-0.39, 0.29) is 11.5 Å². The highest BCUT2D eigenvalue weighted by atomic mass is 16.5. The number of carbonyl (C=O) groups excluding carboxylic acids is 1. The summed E-state index contributed by atoms with van der Waals surface area (Å²) in [4.78, 5) is 25.0. The molecule has 0 fully saturated rings. The Morgan fingerprint density at radius 3 is 2.60 bits per heavy atom. The maximum absolute atomic E-state index is 12.7. The first-order chi connectivity index (χ1) is 14.4. The van der Waals surface area contributed by atoms with Crippen LogP contribution in [0.3, 0.4) is 0 Å².